The Morgan fingerprint density at radius 1 is 1.47 bits per heavy atom. The van der Waals surface area contributed by atoms with Gasteiger partial charge in [-0.25, -0.2) is 4.98 Å². The van der Waals surface area contributed by atoms with Crippen molar-refractivity contribution in [3.63, 3.8) is 0 Å². The minimum Gasteiger partial charge on any atom is -0.385 e. The molecule has 2 aromatic rings. The molecule has 0 unspecified atom stereocenters. The summed E-state index contributed by atoms with van der Waals surface area (Å²) in [5.41, 5.74) is 1.26. The third-order valence-electron chi connectivity index (χ3n) is 3.29. The smallest absolute Gasteiger partial charge is 0.259 e. The Morgan fingerprint density at radius 3 is 3.21 bits per heavy atom. The summed E-state index contributed by atoms with van der Waals surface area (Å²) in [6.45, 7) is 0.694. The van der Waals surface area contributed by atoms with Gasteiger partial charge in [0.05, 0.1) is 5.39 Å². The van der Waals surface area contributed by atoms with Crippen LogP contribution in [0.25, 0.3) is 10.2 Å². The number of thiophene rings is 1. The van der Waals surface area contributed by atoms with Crippen molar-refractivity contribution >= 4 is 33.3 Å². The van der Waals surface area contributed by atoms with E-state index in [1.807, 2.05) is 11.8 Å². The topological polar surface area (TPSA) is 55.0 Å². The van der Waals surface area contributed by atoms with E-state index in [0.29, 0.717) is 6.61 Å². The average Bonchev–Trinajstić information content (AvgIpc) is 2.77. The monoisotopic (exact) mass is 296 g/mol. The molecule has 0 radical (unpaired) electrons. The molecule has 6 heteroatoms. The third kappa shape index (κ3) is 2.57. The van der Waals surface area contributed by atoms with Gasteiger partial charge in [-0.3, -0.25) is 4.79 Å². The average molecular weight is 296 g/mol. The standard InChI is InChI=1S/C13H16N2O2S2/c1-17-5-2-3-10-14-12(16)11-8-4-6-18-7-9(8)19-13(11)15-10/h2-7H2,1H3,(H,14,15,16). The molecule has 0 saturated carbocycles. The van der Waals surface area contributed by atoms with Crippen LogP contribution < -0.4 is 5.56 Å². The maximum Gasteiger partial charge on any atom is 0.259 e. The van der Waals surface area contributed by atoms with E-state index in [1.54, 1.807) is 18.4 Å². The molecule has 0 aliphatic carbocycles. The molecule has 0 spiro atoms. The molecule has 1 aliphatic rings. The van der Waals surface area contributed by atoms with Gasteiger partial charge >= 0.3 is 0 Å². The van der Waals surface area contributed by atoms with Gasteiger partial charge in [-0.15, -0.1) is 11.3 Å². The van der Waals surface area contributed by atoms with Crippen molar-refractivity contribution in [2.24, 2.45) is 0 Å². The molecule has 1 N–H and O–H groups in total. The maximum atomic E-state index is 12.2. The Kier molecular flexibility index (Phi) is 3.91. The molecule has 0 amide bonds. The van der Waals surface area contributed by atoms with Gasteiger partial charge in [0.2, 0.25) is 0 Å². The van der Waals surface area contributed by atoms with Crippen molar-refractivity contribution in [1.82, 2.24) is 9.97 Å². The first-order valence-corrected chi connectivity index (χ1v) is 8.37. The van der Waals surface area contributed by atoms with Crippen molar-refractivity contribution in [2.75, 3.05) is 19.5 Å². The SMILES string of the molecule is COCCCc1nc2sc3c(c2c(=O)[nH]1)CCSC3. The van der Waals surface area contributed by atoms with Crippen molar-refractivity contribution in [2.45, 2.75) is 25.0 Å². The lowest BCUT2D eigenvalue weighted by molar-refractivity contribution is 0.194. The number of rotatable bonds is 4. The number of thioether (sulfide) groups is 1. The number of H-pyrrole nitrogens is 1. The first-order valence-electron chi connectivity index (χ1n) is 6.39. The van der Waals surface area contributed by atoms with Crippen molar-refractivity contribution in [3.8, 4) is 0 Å². The largest absolute Gasteiger partial charge is 0.385 e. The van der Waals surface area contributed by atoms with E-state index in [2.05, 4.69) is 9.97 Å². The highest BCUT2D eigenvalue weighted by atomic mass is 32.2. The van der Waals surface area contributed by atoms with Crippen LogP contribution in [0.4, 0.5) is 0 Å². The molecular weight excluding hydrogens is 280 g/mol. The summed E-state index contributed by atoms with van der Waals surface area (Å²) in [4.78, 5) is 22.0. The normalized spacial score (nSPS) is 14.8. The predicted octanol–water partition coefficient (Wildman–Crippen LogP) is 2.35. The van der Waals surface area contributed by atoms with Crippen molar-refractivity contribution in [3.05, 3.63) is 26.6 Å². The number of ether oxygens (including phenoxy) is 1. The van der Waals surface area contributed by atoms with Gasteiger partial charge in [-0.05, 0) is 24.2 Å². The van der Waals surface area contributed by atoms with Crippen LogP contribution in [-0.4, -0.2) is 29.4 Å². The molecule has 0 fully saturated rings. The van der Waals surface area contributed by atoms with E-state index in [1.165, 1.54) is 10.4 Å². The summed E-state index contributed by atoms with van der Waals surface area (Å²) in [7, 11) is 1.68. The van der Waals surface area contributed by atoms with Gasteiger partial charge in [0.15, 0.2) is 0 Å². The molecule has 102 valence electrons. The Morgan fingerprint density at radius 2 is 2.37 bits per heavy atom. The van der Waals surface area contributed by atoms with Gasteiger partial charge in [-0.1, -0.05) is 0 Å². The van der Waals surface area contributed by atoms with Gasteiger partial charge in [-0.2, -0.15) is 11.8 Å². The lowest BCUT2D eigenvalue weighted by Crippen LogP contribution is -2.13. The summed E-state index contributed by atoms with van der Waals surface area (Å²) in [5.74, 6) is 2.91. The molecular formula is C13H16N2O2S2. The number of hydrogen-bond acceptors (Lipinski definition) is 5. The van der Waals surface area contributed by atoms with Crippen LogP contribution in [0.2, 0.25) is 0 Å². The number of nitrogens with one attached hydrogen (secondary N) is 1. The summed E-state index contributed by atoms with van der Waals surface area (Å²) in [6, 6.07) is 0. The summed E-state index contributed by atoms with van der Waals surface area (Å²) in [5, 5.41) is 0.829. The minimum absolute atomic E-state index is 0.0295. The van der Waals surface area contributed by atoms with Gasteiger partial charge in [0.25, 0.3) is 5.56 Å². The Balaban J connectivity index is 1.99. The zero-order valence-corrected chi connectivity index (χ0v) is 12.5. The predicted molar refractivity (Wildman–Crippen MR) is 80.3 cm³/mol. The number of methoxy groups -OCH3 is 1. The number of aryl methyl sites for hydroxylation is 2. The summed E-state index contributed by atoms with van der Waals surface area (Å²) < 4.78 is 5.03. The highest BCUT2D eigenvalue weighted by molar-refractivity contribution is 7.98. The van der Waals surface area contributed by atoms with Gasteiger partial charge < -0.3 is 9.72 Å². The lowest BCUT2D eigenvalue weighted by atomic mass is 10.1. The van der Waals surface area contributed by atoms with E-state index in [9.17, 15) is 4.79 Å². The molecule has 2 aromatic heterocycles. The number of hydrogen-bond donors (Lipinski definition) is 1. The van der Waals surface area contributed by atoms with E-state index < -0.39 is 0 Å². The minimum atomic E-state index is 0.0295. The Hall–Kier alpha value is -0.850. The Labute approximate surface area is 119 Å². The molecule has 0 aromatic carbocycles. The van der Waals surface area contributed by atoms with E-state index in [0.717, 1.165) is 46.8 Å². The van der Waals surface area contributed by atoms with Crippen LogP contribution in [0.3, 0.4) is 0 Å². The highest BCUT2D eigenvalue weighted by Gasteiger charge is 2.19. The second-order valence-electron chi connectivity index (χ2n) is 4.60. The van der Waals surface area contributed by atoms with E-state index >= 15 is 0 Å². The third-order valence-corrected chi connectivity index (χ3v) is 5.58. The van der Waals surface area contributed by atoms with Crippen molar-refractivity contribution < 1.29 is 4.74 Å². The molecule has 0 saturated heterocycles. The fourth-order valence-electron chi connectivity index (χ4n) is 2.38. The fraction of sp³-hybridized carbons (Fsp3) is 0.538. The quantitative estimate of drug-likeness (QED) is 0.880. The van der Waals surface area contributed by atoms with Crippen LogP contribution in [-0.2, 0) is 23.3 Å². The van der Waals surface area contributed by atoms with Crippen LogP contribution >= 0.6 is 23.1 Å². The first-order chi connectivity index (χ1) is 9.29. The number of aromatic nitrogens is 2. The number of fused-ring (bicyclic) bond motifs is 3. The van der Waals surface area contributed by atoms with E-state index in [4.69, 9.17) is 4.74 Å². The highest BCUT2D eigenvalue weighted by Crippen LogP contribution is 2.35. The maximum absolute atomic E-state index is 12.2. The summed E-state index contributed by atoms with van der Waals surface area (Å²) >= 11 is 3.62. The molecule has 0 atom stereocenters. The van der Waals surface area contributed by atoms with E-state index in [-0.39, 0.29) is 5.56 Å². The van der Waals surface area contributed by atoms with Crippen LogP contribution in [0, 0.1) is 0 Å². The zero-order valence-electron chi connectivity index (χ0n) is 10.8. The van der Waals surface area contributed by atoms with Crippen LogP contribution in [0.15, 0.2) is 4.79 Å². The second kappa shape index (κ2) is 5.64. The van der Waals surface area contributed by atoms with Crippen LogP contribution in [0.5, 0.6) is 0 Å². The zero-order chi connectivity index (χ0) is 13.2. The molecule has 0 bridgehead atoms. The lowest BCUT2D eigenvalue weighted by Gasteiger charge is -2.09. The molecule has 1 aliphatic heterocycles. The summed E-state index contributed by atoms with van der Waals surface area (Å²) in [6.07, 6.45) is 2.63. The van der Waals surface area contributed by atoms with Crippen molar-refractivity contribution in [1.29, 1.82) is 0 Å². The first kappa shape index (κ1) is 13.1. The van der Waals surface area contributed by atoms with Crippen LogP contribution in [0.1, 0.15) is 22.7 Å². The molecule has 19 heavy (non-hydrogen) atoms. The fourth-order valence-corrected chi connectivity index (χ4v) is 4.75. The van der Waals surface area contributed by atoms with Gasteiger partial charge in [0, 0.05) is 30.8 Å². The molecule has 3 rings (SSSR count). The molecule has 3 heterocycles. The number of nitrogens with zero attached hydrogens (tertiary/aromatic N) is 1. The molecule has 4 nitrogen and oxygen atoms in total. The Bertz CT molecular complexity index is 648. The second-order valence-corrected chi connectivity index (χ2v) is 6.78. The number of aromatic amines is 1. The van der Waals surface area contributed by atoms with Gasteiger partial charge in [0.1, 0.15) is 10.7 Å².